The average molecular weight is 247 g/mol. The number of carbonyl (C=O) groups is 1. The van der Waals surface area contributed by atoms with Crippen molar-refractivity contribution in [1.29, 1.82) is 0 Å². The van der Waals surface area contributed by atoms with Gasteiger partial charge in [-0.05, 0) is 12.1 Å². The number of aromatic carboxylic acids is 1. The highest BCUT2D eigenvalue weighted by molar-refractivity contribution is 6.36. The zero-order chi connectivity index (χ0) is 11.3. The van der Waals surface area contributed by atoms with Crippen molar-refractivity contribution in [2.75, 3.05) is 6.61 Å². The quantitative estimate of drug-likeness (QED) is 0.889. The fourth-order valence-corrected chi connectivity index (χ4v) is 1.06. The summed E-state index contributed by atoms with van der Waals surface area (Å²) in [5.41, 5.74) is 1.27. The Morgan fingerprint density at radius 1 is 1.47 bits per heavy atom. The second-order valence-corrected chi connectivity index (χ2v) is 3.35. The lowest BCUT2D eigenvalue weighted by atomic mass is 10.2. The molecule has 0 aliphatic carbocycles. The molecule has 0 atom stereocenters. The summed E-state index contributed by atoms with van der Waals surface area (Å²) in [6, 6.07) is 6.31. The Labute approximate surface area is 96.9 Å². The number of hydrogen-bond acceptors (Lipinski definition) is 2. The van der Waals surface area contributed by atoms with E-state index in [2.05, 4.69) is 0 Å². The number of para-hydroxylation sites is 1. The molecule has 3 nitrogen and oxygen atoms in total. The van der Waals surface area contributed by atoms with Crippen LogP contribution in [0.4, 0.5) is 0 Å². The molecule has 0 radical (unpaired) electrons. The Kier molecular flexibility index (Phi) is 4.46. The summed E-state index contributed by atoms with van der Waals surface area (Å²) in [5.74, 6) is -0.779. The van der Waals surface area contributed by atoms with Gasteiger partial charge in [-0.3, -0.25) is 0 Å². The Hall–Kier alpha value is -1.19. The summed E-state index contributed by atoms with van der Waals surface area (Å²) in [6.45, 7) is 0.0509. The molecule has 1 aromatic carbocycles. The third kappa shape index (κ3) is 3.46. The van der Waals surface area contributed by atoms with E-state index in [1.165, 1.54) is 11.6 Å². The van der Waals surface area contributed by atoms with Gasteiger partial charge in [0, 0.05) is 5.54 Å². The van der Waals surface area contributed by atoms with Gasteiger partial charge < -0.3 is 9.84 Å². The minimum absolute atomic E-state index is 0.0509. The average Bonchev–Trinajstić information content (AvgIpc) is 2.26. The molecule has 0 fully saturated rings. The van der Waals surface area contributed by atoms with E-state index >= 15 is 0 Å². The predicted octanol–water partition coefficient (Wildman–Crippen LogP) is 3.08. The molecule has 0 spiro atoms. The zero-order valence-corrected chi connectivity index (χ0v) is 9.13. The van der Waals surface area contributed by atoms with E-state index in [0.717, 1.165) is 0 Å². The lowest BCUT2D eigenvalue weighted by molar-refractivity contribution is 0.0693. The Bertz CT molecular complexity index is 388. The van der Waals surface area contributed by atoms with E-state index in [-0.39, 0.29) is 17.9 Å². The van der Waals surface area contributed by atoms with E-state index in [9.17, 15) is 4.79 Å². The highest BCUT2D eigenvalue weighted by atomic mass is 35.5. The third-order valence-electron chi connectivity index (χ3n) is 1.60. The largest absolute Gasteiger partial charge is 0.487 e. The van der Waals surface area contributed by atoms with Gasteiger partial charge in [-0.1, -0.05) is 35.3 Å². The Morgan fingerprint density at radius 3 is 2.73 bits per heavy atom. The standard InChI is InChI=1S/C10H8Cl2O3/c11-5-7(12)6-15-9-4-2-1-3-8(9)10(13)14/h1-5H,6H2,(H,13,14). The predicted molar refractivity (Wildman–Crippen MR) is 58.7 cm³/mol. The van der Waals surface area contributed by atoms with Crippen molar-refractivity contribution in [1.82, 2.24) is 0 Å². The molecular formula is C10H8Cl2O3. The van der Waals surface area contributed by atoms with Gasteiger partial charge in [-0.2, -0.15) is 0 Å². The molecule has 1 rings (SSSR count). The van der Waals surface area contributed by atoms with Gasteiger partial charge in [0.05, 0.1) is 5.03 Å². The van der Waals surface area contributed by atoms with Crippen LogP contribution >= 0.6 is 23.2 Å². The first-order valence-corrected chi connectivity index (χ1v) is 4.86. The van der Waals surface area contributed by atoms with Crippen LogP contribution in [0.1, 0.15) is 10.4 Å². The molecule has 0 saturated heterocycles. The van der Waals surface area contributed by atoms with E-state index in [0.29, 0.717) is 5.03 Å². The number of ether oxygens (including phenoxy) is 1. The van der Waals surface area contributed by atoms with Gasteiger partial charge in [0.2, 0.25) is 0 Å². The summed E-state index contributed by atoms with van der Waals surface area (Å²) >= 11 is 10.9. The van der Waals surface area contributed by atoms with Crippen LogP contribution in [0.15, 0.2) is 34.8 Å². The molecule has 0 heterocycles. The van der Waals surface area contributed by atoms with Gasteiger partial charge >= 0.3 is 5.97 Å². The summed E-state index contributed by atoms with van der Waals surface area (Å²) in [4.78, 5) is 10.8. The normalized spacial score (nSPS) is 11.2. The summed E-state index contributed by atoms with van der Waals surface area (Å²) in [7, 11) is 0. The molecule has 0 unspecified atom stereocenters. The van der Waals surface area contributed by atoms with Crippen LogP contribution in [-0.4, -0.2) is 17.7 Å². The van der Waals surface area contributed by atoms with Crippen molar-refractivity contribution in [2.45, 2.75) is 0 Å². The van der Waals surface area contributed by atoms with Crippen molar-refractivity contribution >= 4 is 29.2 Å². The molecule has 0 amide bonds. The maximum atomic E-state index is 10.8. The van der Waals surface area contributed by atoms with E-state index < -0.39 is 5.97 Å². The van der Waals surface area contributed by atoms with Crippen LogP contribution in [0, 0.1) is 0 Å². The summed E-state index contributed by atoms with van der Waals surface area (Å²) in [6.07, 6.45) is 0. The summed E-state index contributed by atoms with van der Waals surface area (Å²) < 4.78 is 5.19. The number of rotatable bonds is 4. The summed E-state index contributed by atoms with van der Waals surface area (Å²) in [5, 5.41) is 9.14. The molecule has 0 aromatic heterocycles. The van der Waals surface area contributed by atoms with Crippen LogP contribution in [-0.2, 0) is 0 Å². The maximum Gasteiger partial charge on any atom is 0.339 e. The number of carboxylic acids is 1. The Morgan fingerprint density at radius 2 is 2.13 bits per heavy atom. The Balaban J connectivity index is 2.80. The van der Waals surface area contributed by atoms with Crippen molar-refractivity contribution in [3.63, 3.8) is 0 Å². The second kappa shape index (κ2) is 5.63. The monoisotopic (exact) mass is 246 g/mol. The van der Waals surface area contributed by atoms with Crippen LogP contribution in [0.3, 0.4) is 0 Å². The van der Waals surface area contributed by atoms with Gasteiger partial charge in [0.1, 0.15) is 17.9 Å². The highest BCUT2D eigenvalue weighted by Gasteiger charge is 2.09. The molecule has 0 aliphatic heterocycles. The number of halogens is 2. The number of carboxylic acid groups (broad SMARTS) is 1. The first kappa shape index (κ1) is 11.9. The fourth-order valence-electron chi connectivity index (χ4n) is 0.947. The third-order valence-corrected chi connectivity index (χ3v) is 2.19. The van der Waals surface area contributed by atoms with Crippen molar-refractivity contribution in [2.24, 2.45) is 0 Å². The molecule has 0 bridgehead atoms. The molecule has 1 aromatic rings. The maximum absolute atomic E-state index is 10.8. The van der Waals surface area contributed by atoms with Gasteiger partial charge in [-0.15, -0.1) is 0 Å². The van der Waals surface area contributed by atoms with Crippen LogP contribution in [0.2, 0.25) is 0 Å². The zero-order valence-electron chi connectivity index (χ0n) is 7.61. The molecule has 15 heavy (non-hydrogen) atoms. The molecular weight excluding hydrogens is 239 g/mol. The number of hydrogen-bond donors (Lipinski definition) is 1. The van der Waals surface area contributed by atoms with Crippen LogP contribution in [0.5, 0.6) is 5.75 Å². The smallest absolute Gasteiger partial charge is 0.339 e. The van der Waals surface area contributed by atoms with E-state index in [4.69, 9.17) is 33.0 Å². The van der Waals surface area contributed by atoms with Gasteiger partial charge in [-0.25, -0.2) is 4.79 Å². The molecule has 1 N–H and O–H groups in total. The van der Waals surface area contributed by atoms with Gasteiger partial charge in [0.15, 0.2) is 0 Å². The first-order valence-electron chi connectivity index (χ1n) is 4.05. The molecule has 0 saturated carbocycles. The molecule has 0 aliphatic rings. The van der Waals surface area contributed by atoms with Crippen molar-refractivity contribution in [3.05, 3.63) is 40.4 Å². The molecule has 80 valence electrons. The first-order chi connectivity index (χ1) is 7.15. The lowest BCUT2D eigenvalue weighted by Gasteiger charge is -2.07. The van der Waals surface area contributed by atoms with Crippen molar-refractivity contribution < 1.29 is 14.6 Å². The SMILES string of the molecule is O=C(O)c1ccccc1OCC(Cl)=CCl. The highest BCUT2D eigenvalue weighted by Crippen LogP contribution is 2.19. The van der Waals surface area contributed by atoms with E-state index in [1.807, 2.05) is 0 Å². The topological polar surface area (TPSA) is 46.5 Å². The number of benzene rings is 1. The minimum atomic E-state index is -1.04. The lowest BCUT2D eigenvalue weighted by Crippen LogP contribution is -2.04. The van der Waals surface area contributed by atoms with Crippen LogP contribution < -0.4 is 4.74 Å². The van der Waals surface area contributed by atoms with E-state index in [1.54, 1.807) is 18.2 Å². The molecule has 5 heteroatoms. The minimum Gasteiger partial charge on any atom is -0.487 e. The fraction of sp³-hybridized carbons (Fsp3) is 0.100. The van der Waals surface area contributed by atoms with Crippen LogP contribution in [0.25, 0.3) is 0 Å². The van der Waals surface area contributed by atoms with Crippen molar-refractivity contribution in [3.8, 4) is 5.75 Å². The van der Waals surface area contributed by atoms with Gasteiger partial charge in [0.25, 0.3) is 0 Å². The second-order valence-electron chi connectivity index (χ2n) is 2.65.